The zero-order valence-electron chi connectivity index (χ0n) is 12.6. The quantitative estimate of drug-likeness (QED) is 0.723. The maximum atomic E-state index is 12.3. The molecular formula is C13H25ClN2O4. The number of esters is 1. The number of nitrogens with one attached hydrogen (secondary N) is 2. The summed E-state index contributed by atoms with van der Waals surface area (Å²) < 4.78 is 10.1. The number of hydrogen-bond donors (Lipinski definition) is 2. The fourth-order valence-electron chi connectivity index (χ4n) is 2.17. The first-order valence-electron chi connectivity index (χ1n) is 6.50. The Bertz CT molecular complexity index is 341. The molecular weight excluding hydrogens is 284 g/mol. The highest BCUT2D eigenvalue weighted by Crippen LogP contribution is 2.23. The van der Waals surface area contributed by atoms with Gasteiger partial charge in [-0.05, 0) is 39.8 Å². The van der Waals surface area contributed by atoms with E-state index in [1.54, 1.807) is 21.0 Å². The van der Waals surface area contributed by atoms with Gasteiger partial charge in [0, 0.05) is 13.7 Å². The molecule has 118 valence electrons. The SMILES string of the molecule is COC(=O)C(C)(C)CNC(=O)C1(OC)CCNCC1.Cl. The van der Waals surface area contributed by atoms with Gasteiger partial charge in [-0.15, -0.1) is 12.4 Å². The van der Waals surface area contributed by atoms with Gasteiger partial charge < -0.3 is 20.1 Å². The molecule has 0 unspecified atom stereocenters. The molecule has 0 radical (unpaired) electrons. The summed E-state index contributed by atoms with van der Waals surface area (Å²) in [6.45, 7) is 5.21. The number of piperidine rings is 1. The molecule has 0 saturated carbocycles. The predicted molar refractivity (Wildman–Crippen MR) is 77.9 cm³/mol. The minimum Gasteiger partial charge on any atom is -0.469 e. The molecule has 0 aromatic heterocycles. The molecule has 1 heterocycles. The standard InChI is InChI=1S/C13H24N2O4.ClH/c1-12(2,11(17)18-3)9-15-10(16)13(19-4)5-7-14-8-6-13;/h14H,5-9H2,1-4H3,(H,15,16);1H. The fraction of sp³-hybridized carbons (Fsp3) is 0.846. The summed E-state index contributed by atoms with van der Waals surface area (Å²) in [4.78, 5) is 23.8. The van der Waals surface area contributed by atoms with Crippen molar-refractivity contribution >= 4 is 24.3 Å². The van der Waals surface area contributed by atoms with E-state index in [1.807, 2.05) is 0 Å². The number of ether oxygens (including phenoxy) is 2. The second kappa shape index (κ2) is 7.81. The zero-order valence-corrected chi connectivity index (χ0v) is 13.4. The van der Waals surface area contributed by atoms with E-state index >= 15 is 0 Å². The summed E-state index contributed by atoms with van der Waals surface area (Å²) in [5, 5.41) is 6.00. The molecule has 2 N–H and O–H groups in total. The van der Waals surface area contributed by atoms with E-state index in [-0.39, 0.29) is 30.8 Å². The van der Waals surface area contributed by atoms with Crippen LogP contribution in [0.1, 0.15) is 26.7 Å². The number of rotatable bonds is 5. The van der Waals surface area contributed by atoms with E-state index in [4.69, 9.17) is 9.47 Å². The zero-order chi connectivity index (χ0) is 14.5. The maximum Gasteiger partial charge on any atom is 0.313 e. The highest BCUT2D eigenvalue weighted by molar-refractivity contribution is 5.86. The van der Waals surface area contributed by atoms with Gasteiger partial charge in [-0.3, -0.25) is 9.59 Å². The van der Waals surface area contributed by atoms with Gasteiger partial charge in [-0.25, -0.2) is 0 Å². The highest BCUT2D eigenvalue weighted by Gasteiger charge is 2.40. The van der Waals surface area contributed by atoms with Crippen molar-refractivity contribution in [2.75, 3.05) is 33.9 Å². The van der Waals surface area contributed by atoms with Gasteiger partial charge in [0.2, 0.25) is 0 Å². The van der Waals surface area contributed by atoms with Crippen LogP contribution in [-0.2, 0) is 19.1 Å². The van der Waals surface area contributed by atoms with E-state index in [2.05, 4.69) is 10.6 Å². The van der Waals surface area contributed by atoms with Crippen LogP contribution in [-0.4, -0.2) is 51.3 Å². The van der Waals surface area contributed by atoms with Crippen molar-refractivity contribution in [3.8, 4) is 0 Å². The lowest BCUT2D eigenvalue weighted by molar-refractivity contribution is -0.152. The topological polar surface area (TPSA) is 76.7 Å². The molecule has 1 amide bonds. The van der Waals surface area contributed by atoms with Crippen LogP contribution >= 0.6 is 12.4 Å². The molecule has 0 bridgehead atoms. The molecule has 0 spiro atoms. The van der Waals surface area contributed by atoms with Crippen LogP contribution in [0.2, 0.25) is 0 Å². The summed E-state index contributed by atoms with van der Waals surface area (Å²) in [6.07, 6.45) is 1.27. The molecule has 0 aromatic carbocycles. The summed E-state index contributed by atoms with van der Waals surface area (Å²) in [5.74, 6) is -0.502. The molecule has 1 saturated heterocycles. The molecule has 6 nitrogen and oxygen atoms in total. The summed E-state index contributed by atoms with van der Waals surface area (Å²) >= 11 is 0. The van der Waals surface area contributed by atoms with Crippen molar-refractivity contribution in [1.82, 2.24) is 10.6 Å². The normalized spacial score (nSPS) is 17.8. The highest BCUT2D eigenvalue weighted by atomic mass is 35.5. The lowest BCUT2D eigenvalue weighted by atomic mass is 9.89. The smallest absolute Gasteiger partial charge is 0.313 e. The minimum atomic E-state index is -0.780. The van der Waals surface area contributed by atoms with E-state index in [1.165, 1.54) is 7.11 Å². The van der Waals surface area contributed by atoms with E-state index in [9.17, 15) is 9.59 Å². The van der Waals surface area contributed by atoms with E-state index in [0.717, 1.165) is 13.1 Å². The van der Waals surface area contributed by atoms with Crippen molar-refractivity contribution in [3.63, 3.8) is 0 Å². The minimum absolute atomic E-state index is 0. The van der Waals surface area contributed by atoms with Crippen molar-refractivity contribution in [2.45, 2.75) is 32.3 Å². The molecule has 1 rings (SSSR count). The molecule has 20 heavy (non-hydrogen) atoms. The first kappa shape index (κ1) is 19.1. The van der Waals surface area contributed by atoms with Crippen LogP contribution in [0, 0.1) is 5.41 Å². The van der Waals surface area contributed by atoms with Crippen molar-refractivity contribution in [3.05, 3.63) is 0 Å². The Kier molecular flexibility index (Phi) is 7.47. The fourth-order valence-corrected chi connectivity index (χ4v) is 2.17. The summed E-state index contributed by atoms with van der Waals surface area (Å²) in [5.41, 5.74) is -1.52. The predicted octanol–water partition coefficient (Wildman–Crippen LogP) is 0.492. The van der Waals surface area contributed by atoms with Gasteiger partial charge >= 0.3 is 5.97 Å². The first-order chi connectivity index (χ1) is 8.88. The number of halogens is 1. The first-order valence-corrected chi connectivity index (χ1v) is 6.50. The number of hydrogen-bond acceptors (Lipinski definition) is 5. The molecule has 1 aliphatic rings. The number of carbonyl (C=O) groups excluding carboxylic acids is 2. The van der Waals surface area contributed by atoms with Crippen LogP contribution in [0.15, 0.2) is 0 Å². The van der Waals surface area contributed by atoms with Gasteiger partial charge in [0.25, 0.3) is 5.91 Å². The molecule has 1 aliphatic heterocycles. The van der Waals surface area contributed by atoms with Gasteiger partial charge in [-0.2, -0.15) is 0 Å². The molecule has 0 atom stereocenters. The van der Waals surface area contributed by atoms with Gasteiger partial charge in [0.15, 0.2) is 0 Å². The van der Waals surface area contributed by atoms with Gasteiger partial charge in [-0.1, -0.05) is 0 Å². The summed E-state index contributed by atoms with van der Waals surface area (Å²) in [7, 11) is 2.89. The third-order valence-electron chi connectivity index (χ3n) is 3.64. The lowest BCUT2D eigenvalue weighted by Crippen LogP contribution is -2.55. The third kappa shape index (κ3) is 4.33. The lowest BCUT2D eigenvalue weighted by Gasteiger charge is -2.35. The Balaban J connectivity index is 0.00000361. The Labute approximate surface area is 126 Å². The van der Waals surface area contributed by atoms with Crippen LogP contribution in [0.4, 0.5) is 0 Å². The number of methoxy groups -OCH3 is 2. The second-order valence-electron chi connectivity index (χ2n) is 5.51. The molecule has 7 heteroatoms. The second-order valence-corrected chi connectivity index (χ2v) is 5.51. The summed E-state index contributed by atoms with van der Waals surface area (Å²) in [6, 6.07) is 0. The number of carbonyl (C=O) groups is 2. The van der Waals surface area contributed by atoms with Crippen LogP contribution in [0.3, 0.4) is 0 Å². The largest absolute Gasteiger partial charge is 0.469 e. The van der Waals surface area contributed by atoms with Crippen molar-refractivity contribution in [1.29, 1.82) is 0 Å². The van der Waals surface area contributed by atoms with Gasteiger partial charge in [0.1, 0.15) is 5.60 Å². The van der Waals surface area contributed by atoms with E-state index in [0.29, 0.717) is 12.8 Å². The van der Waals surface area contributed by atoms with Crippen molar-refractivity contribution < 1.29 is 19.1 Å². The average molecular weight is 309 g/mol. The monoisotopic (exact) mass is 308 g/mol. The Morgan fingerprint density at radius 1 is 1.25 bits per heavy atom. The number of amides is 1. The Hall–Kier alpha value is -0.850. The van der Waals surface area contributed by atoms with Crippen LogP contribution in [0.5, 0.6) is 0 Å². The molecule has 0 aliphatic carbocycles. The average Bonchev–Trinajstić information content (AvgIpc) is 2.44. The Morgan fingerprint density at radius 2 is 1.80 bits per heavy atom. The van der Waals surface area contributed by atoms with Crippen LogP contribution < -0.4 is 10.6 Å². The van der Waals surface area contributed by atoms with Gasteiger partial charge in [0.05, 0.1) is 12.5 Å². The molecule has 1 fully saturated rings. The Morgan fingerprint density at radius 3 is 2.25 bits per heavy atom. The third-order valence-corrected chi connectivity index (χ3v) is 3.64. The maximum absolute atomic E-state index is 12.3. The van der Waals surface area contributed by atoms with Crippen molar-refractivity contribution in [2.24, 2.45) is 5.41 Å². The van der Waals surface area contributed by atoms with Crippen LogP contribution in [0.25, 0.3) is 0 Å². The van der Waals surface area contributed by atoms with E-state index < -0.39 is 11.0 Å². The molecule has 0 aromatic rings.